The first-order chi connectivity index (χ1) is 9.65. The molecule has 0 atom stereocenters. The molecule has 0 unspecified atom stereocenters. The Bertz CT molecular complexity index is 331. The highest BCUT2D eigenvalue weighted by Gasteiger charge is 2.20. The van der Waals surface area contributed by atoms with Crippen molar-refractivity contribution in [3.05, 3.63) is 12.7 Å². The third-order valence-electron chi connectivity index (χ3n) is 3.54. The van der Waals surface area contributed by atoms with E-state index in [4.69, 9.17) is 0 Å². The molecular weight excluding hydrogens is 292 g/mol. The molecule has 1 rings (SSSR count). The lowest BCUT2D eigenvalue weighted by molar-refractivity contribution is -0.121. The second-order valence-corrected chi connectivity index (χ2v) is 5.16. The number of urea groups is 1. The predicted molar refractivity (Wildman–Crippen MR) is 86.7 cm³/mol. The van der Waals surface area contributed by atoms with E-state index in [-0.39, 0.29) is 18.3 Å². The van der Waals surface area contributed by atoms with Crippen LogP contribution < -0.4 is 16.0 Å². The maximum atomic E-state index is 11.7. The van der Waals surface area contributed by atoms with Gasteiger partial charge in [-0.25, -0.2) is 4.79 Å². The minimum atomic E-state index is -0.459. The van der Waals surface area contributed by atoms with Gasteiger partial charge in [0.15, 0.2) is 0 Å². The number of nitrogens with one attached hydrogen (secondary N) is 3. The molecular formula is C14H27ClN4O2. The van der Waals surface area contributed by atoms with Gasteiger partial charge in [-0.3, -0.25) is 15.0 Å². The molecule has 3 N–H and O–H groups in total. The Kier molecular flexibility index (Phi) is 10.9. The van der Waals surface area contributed by atoms with E-state index in [0.29, 0.717) is 13.1 Å². The lowest BCUT2D eigenvalue weighted by Gasteiger charge is -2.31. The number of hydrogen-bond donors (Lipinski definition) is 3. The van der Waals surface area contributed by atoms with E-state index in [1.807, 2.05) is 7.05 Å². The Labute approximate surface area is 133 Å². The van der Waals surface area contributed by atoms with Gasteiger partial charge in [0, 0.05) is 6.54 Å². The Morgan fingerprint density at radius 2 is 2.00 bits per heavy atom. The average Bonchev–Trinajstić information content (AvgIpc) is 2.44. The van der Waals surface area contributed by atoms with Crippen LogP contribution in [0.5, 0.6) is 0 Å². The van der Waals surface area contributed by atoms with Crippen LogP contribution in [0.15, 0.2) is 12.7 Å². The Morgan fingerprint density at radius 3 is 2.57 bits per heavy atom. The van der Waals surface area contributed by atoms with E-state index in [9.17, 15) is 9.59 Å². The first-order valence-corrected chi connectivity index (χ1v) is 7.21. The zero-order chi connectivity index (χ0) is 14.8. The summed E-state index contributed by atoms with van der Waals surface area (Å²) in [5, 5.41) is 8.00. The minimum Gasteiger partial charge on any atom is -0.334 e. The van der Waals surface area contributed by atoms with E-state index >= 15 is 0 Å². The second-order valence-electron chi connectivity index (χ2n) is 5.16. The molecule has 1 aliphatic rings. The van der Waals surface area contributed by atoms with E-state index in [2.05, 4.69) is 27.4 Å². The van der Waals surface area contributed by atoms with E-state index in [1.165, 1.54) is 6.42 Å². The first-order valence-electron chi connectivity index (χ1n) is 7.21. The molecule has 7 heteroatoms. The van der Waals surface area contributed by atoms with Gasteiger partial charge in [-0.15, -0.1) is 19.0 Å². The molecule has 1 heterocycles. The summed E-state index contributed by atoms with van der Waals surface area (Å²) in [5.74, 6) is 0.498. The topological polar surface area (TPSA) is 73.5 Å². The minimum absolute atomic E-state index is 0. The summed E-state index contributed by atoms with van der Waals surface area (Å²) in [5.41, 5.74) is 0. The van der Waals surface area contributed by atoms with Crippen LogP contribution in [0.3, 0.4) is 0 Å². The van der Waals surface area contributed by atoms with Crippen LogP contribution in [0.1, 0.15) is 19.3 Å². The molecule has 0 aromatic rings. The normalized spacial score (nSPS) is 15.9. The summed E-state index contributed by atoms with van der Waals surface area (Å²) < 4.78 is 0. The maximum absolute atomic E-state index is 11.7. The molecule has 1 saturated heterocycles. The van der Waals surface area contributed by atoms with Crippen molar-refractivity contribution >= 4 is 24.3 Å². The van der Waals surface area contributed by atoms with Gasteiger partial charge in [-0.1, -0.05) is 6.08 Å². The fourth-order valence-corrected chi connectivity index (χ4v) is 2.36. The third-order valence-corrected chi connectivity index (χ3v) is 3.54. The molecule has 3 amide bonds. The molecule has 0 aliphatic carbocycles. The summed E-state index contributed by atoms with van der Waals surface area (Å²) in [4.78, 5) is 25.1. The van der Waals surface area contributed by atoms with Crippen LogP contribution in [-0.4, -0.2) is 56.6 Å². The van der Waals surface area contributed by atoms with Gasteiger partial charge < -0.3 is 10.6 Å². The van der Waals surface area contributed by atoms with Crippen molar-refractivity contribution in [1.29, 1.82) is 0 Å². The standard InChI is InChI=1S/C14H26N4O2.ClH/c1-3-7-16-14(20)17-13(19)11-18-9-5-12(6-10-18)4-8-15-2;/h3,12,15H,1,4-11H2,2H3,(H2,16,17,19,20);1H. The highest BCUT2D eigenvalue weighted by Crippen LogP contribution is 2.19. The van der Waals surface area contributed by atoms with Gasteiger partial charge in [-0.05, 0) is 51.9 Å². The van der Waals surface area contributed by atoms with Crippen LogP contribution in [0, 0.1) is 5.92 Å². The van der Waals surface area contributed by atoms with Crippen LogP contribution in [0.25, 0.3) is 0 Å². The molecule has 1 fully saturated rings. The first kappa shape index (κ1) is 19.9. The van der Waals surface area contributed by atoms with E-state index < -0.39 is 6.03 Å². The lowest BCUT2D eigenvalue weighted by atomic mass is 9.93. The monoisotopic (exact) mass is 318 g/mol. The van der Waals surface area contributed by atoms with Crippen LogP contribution in [0.4, 0.5) is 4.79 Å². The molecule has 122 valence electrons. The molecule has 0 aromatic heterocycles. The number of amides is 3. The maximum Gasteiger partial charge on any atom is 0.321 e. The number of rotatable bonds is 7. The number of halogens is 1. The highest BCUT2D eigenvalue weighted by atomic mass is 35.5. The van der Waals surface area contributed by atoms with Crippen LogP contribution >= 0.6 is 12.4 Å². The van der Waals surface area contributed by atoms with Crippen molar-refractivity contribution in [1.82, 2.24) is 20.9 Å². The van der Waals surface area contributed by atoms with Gasteiger partial charge in [0.05, 0.1) is 6.54 Å². The molecule has 0 saturated carbocycles. The van der Waals surface area contributed by atoms with Gasteiger partial charge in [0.25, 0.3) is 0 Å². The molecule has 1 aliphatic heterocycles. The summed E-state index contributed by atoms with van der Waals surface area (Å²) in [6, 6.07) is -0.459. The highest BCUT2D eigenvalue weighted by molar-refractivity contribution is 5.95. The Balaban J connectivity index is 0.00000400. The van der Waals surface area contributed by atoms with Crippen molar-refractivity contribution in [2.45, 2.75) is 19.3 Å². The van der Waals surface area contributed by atoms with Crippen molar-refractivity contribution in [3.63, 3.8) is 0 Å². The fourth-order valence-electron chi connectivity index (χ4n) is 2.36. The van der Waals surface area contributed by atoms with Gasteiger partial charge in [0.1, 0.15) is 0 Å². The second kappa shape index (κ2) is 11.5. The van der Waals surface area contributed by atoms with Gasteiger partial charge in [0.2, 0.25) is 5.91 Å². The number of piperidine rings is 1. The average molecular weight is 319 g/mol. The Morgan fingerprint density at radius 1 is 1.33 bits per heavy atom. The summed E-state index contributed by atoms with van der Waals surface area (Å²) in [6.07, 6.45) is 5.01. The van der Waals surface area contributed by atoms with Gasteiger partial charge in [-0.2, -0.15) is 0 Å². The largest absolute Gasteiger partial charge is 0.334 e. The predicted octanol–water partition coefficient (Wildman–Crippen LogP) is 0.741. The number of likely N-dealkylation sites (tertiary alicyclic amines) is 1. The summed E-state index contributed by atoms with van der Waals surface area (Å²) >= 11 is 0. The van der Waals surface area contributed by atoms with Crippen molar-refractivity contribution in [2.24, 2.45) is 5.92 Å². The van der Waals surface area contributed by atoms with E-state index in [1.54, 1.807) is 6.08 Å². The number of carbonyl (C=O) groups excluding carboxylic acids is 2. The number of nitrogens with zero attached hydrogens (tertiary/aromatic N) is 1. The third kappa shape index (κ3) is 8.70. The quantitative estimate of drug-likeness (QED) is 0.605. The van der Waals surface area contributed by atoms with Crippen molar-refractivity contribution < 1.29 is 9.59 Å². The number of carbonyl (C=O) groups is 2. The number of hydrogen-bond acceptors (Lipinski definition) is 4. The molecule has 6 nitrogen and oxygen atoms in total. The molecule has 21 heavy (non-hydrogen) atoms. The Hall–Kier alpha value is -1.11. The summed E-state index contributed by atoms with van der Waals surface area (Å²) in [6.45, 7) is 7.05. The summed E-state index contributed by atoms with van der Waals surface area (Å²) in [7, 11) is 1.97. The smallest absolute Gasteiger partial charge is 0.321 e. The van der Waals surface area contributed by atoms with Crippen LogP contribution in [-0.2, 0) is 4.79 Å². The zero-order valence-electron chi connectivity index (χ0n) is 12.7. The lowest BCUT2D eigenvalue weighted by Crippen LogP contribution is -2.46. The van der Waals surface area contributed by atoms with Crippen molar-refractivity contribution in [2.75, 3.05) is 39.8 Å². The van der Waals surface area contributed by atoms with Gasteiger partial charge >= 0.3 is 6.03 Å². The molecule has 0 radical (unpaired) electrons. The van der Waals surface area contributed by atoms with Crippen molar-refractivity contribution in [3.8, 4) is 0 Å². The fraction of sp³-hybridized carbons (Fsp3) is 0.714. The molecule has 0 spiro atoms. The molecule has 0 aromatic carbocycles. The number of imide groups is 1. The molecule has 0 bridgehead atoms. The van der Waals surface area contributed by atoms with Crippen LogP contribution in [0.2, 0.25) is 0 Å². The SMILES string of the molecule is C=CCNC(=O)NC(=O)CN1CCC(CCNC)CC1.Cl. The van der Waals surface area contributed by atoms with E-state index in [0.717, 1.165) is 38.4 Å². The zero-order valence-corrected chi connectivity index (χ0v) is 13.5.